The summed E-state index contributed by atoms with van der Waals surface area (Å²) in [6.07, 6.45) is 0.440. The van der Waals surface area contributed by atoms with Crippen LogP contribution in [0.2, 0.25) is 0 Å². The minimum atomic E-state index is -1.25. The molecular weight excluding hydrogens is 336 g/mol. The minimum absolute atomic E-state index is 0.202. The van der Waals surface area contributed by atoms with E-state index < -0.39 is 35.2 Å². The van der Waals surface area contributed by atoms with Gasteiger partial charge in [-0.05, 0) is 24.6 Å². The normalized spacial score (nSPS) is 15.5. The number of benzene rings is 2. The Morgan fingerprint density at radius 2 is 1.58 bits per heavy atom. The lowest BCUT2D eigenvalue weighted by molar-refractivity contribution is -0.484. The van der Waals surface area contributed by atoms with Crippen molar-refractivity contribution in [3.63, 3.8) is 0 Å². The van der Waals surface area contributed by atoms with Gasteiger partial charge in [0.25, 0.3) is 11.8 Å². The maximum atomic E-state index is 12.7. The molecule has 0 saturated carbocycles. The number of imide groups is 1. The summed E-state index contributed by atoms with van der Waals surface area (Å²) in [7, 11) is 0. The van der Waals surface area contributed by atoms with Gasteiger partial charge in [0.1, 0.15) is 12.3 Å². The van der Waals surface area contributed by atoms with Gasteiger partial charge in [-0.3, -0.25) is 24.6 Å². The monoisotopic (exact) mass is 352 g/mol. The molecule has 7 nitrogen and oxygen atoms in total. The number of nitrogens with zero attached hydrogens (tertiary/aromatic N) is 2. The molecule has 2 aromatic carbocycles. The van der Waals surface area contributed by atoms with Crippen molar-refractivity contribution in [2.45, 2.75) is 18.9 Å². The molecule has 0 fully saturated rings. The fraction of sp³-hybridized carbons (Fsp3) is 0.211. The van der Waals surface area contributed by atoms with Crippen molar-refractivity contribution < 1.29 is 19.3 Å². The largest absolute Gasteiger partial charge is 0.301 e. The minimum Gasteiger partial charge on any atom is -0.301 e. The summed E-state index contributed by atoms with van der Waals surface area (Å²) in [6, 6.07) is 11.9. The van der Waals surface area contributed by atoms with E-state index in [9.17, 15) is 24.5 Å². The molecule has 0 aliphatic carbocycles. The molecule has 1 aliphatic rings. The Morgan fingerprint density at radius 3 is 2.04 bits per heavy atom. The van der Waals surface area contributed by atoms with Gasteiger partial charge in [-0.15, -0.1) is 0 Å². The second kappa shape index (κ2) is 6.87. The van der Waals surface area contributed by atoms with Gasteiger partial charge in [0, 0.05) is 4.92 Å². The molecule has 26 heavy (non-hydrogen) atoms. The number of carbonyl (C=O) groups excluding carboxylic acids is 3. The fourth-order valence-electron chi connectivity index (χ4n) is 3.20. The molecule has 2 aromatic rings. The van der Waals surface area contributed by atoms with Crippen molar-refractivity contribution in [3.05, 3.63) is 80.9 Å². The predicted molar refractivity (Wildman–Crippen MR) is 92.6 cm³/mol. The van der Waals surface area contributed by atoms with E-state index >= 15 is 0 Å². The molecule has 0 aromatic heterocycles. The van der Waals surface area contributed by atoms with Gasteiger partial charge in [0.05, 0.1) is 17.0 Å². The number of aryl methyl sites for hydroxylation is 1. The number of hydrogen-bond donors (Lipinski definition) is 0. The van der Waals surface area contributed by atoms with Crippen molar-refractivity contribution in [1.82, 2.24) is 4.90 Å². The van der Waals surface area contributed by atoms with Crippen LogP contribution < -0.4 is 0 Å². The van der Waals surface area contributed by atoms with Crippen LogP contribution in [-0.2, 0) is 4.79 Å². The lowest BCUT2D eigenvalue weighted by Crippen LogP contribution is -2.46. The van der Waals surface area contributed by atoms with Crippen molar-refractivity contribution in [3.8, 4) is 0 Å². The van der Waals surface area contributed by atoms with Crippen LogP contribution in [0.1, 0.15) is 37.8 Å². The van der Waals surface area contributed by atoms with E-state index in [1.807, 2.05) is 6.92 Å². The zero-order chi connectivity index (χ0) is 18.8. The first-order valence-corrected chi connectivity index (χ1v) is 8.04. The Labute approximate surface area is 149 Å². The van der Waals surface area contributed by atoms with Gasteiger partial charge in [-0.25, -0.2) is 0 Å². The first-order valence-electron chi connectivity index (χ1n) is 8.04. The number of fused-ring (bicyclic) bond motifs is 1. The molecule has 0 spiro atoms. The number of amides is 2. The molecule has 1 heterocycles. The molecule has 1 aliphatic heterocycles. The standard InChI is InChI=1S/C19H16N2O5/c1-12-6-8-13(9-7-12)16(10-20(25)26)17(11-22)21-18(23)14-4-2-3-5-15(14)19(21)24/h2-9,11,16-17H,10H2,1H3/t16-,17-/m1/s1. The average molecular weight is 352 g/mol. The van der Waals surface area contributed by atoms with E-state index in [2.05, 4.69) is 0 Å². The Balaban J connectivity index is 2.03. The van der Waals surface area contributed by atoms with Crippen LogP contribution >= 0.6 is 0 Å². The second-order valence-corrected chi connectivity index (χ2v) is 6.19. The Hall–Kier alpha value is -3.35. The highest BCUT2D eigenvalue weighted by atomic mass is 16.6. The van der Waals surface area contributed by atoms with Crippen LogP contribution in [0, 0.1) is 17.0 Å². The summed E-state index contributed by atoms with van der Waals surface area (Å²) < 4.78 is 0. The highest BCUT2D eigenvalue weighted by Crippen LogP contribution is 2.30. The van der Waals surface area contributed by atoms with Crippen molar-refractivity contribution >= 4 is 18.1 Å². The van der Waals surface area contributed by atoms with E-state index in [1.54, 1.807) is 36.4 Å². The SMILES string of the molecule is Cc1ccc([C@@H](C[N+](=O)[O-])[C@@H](C=O)N2C(=O)c3ccccc3C2=O)cc1. The Bertz CT molecular complexity index is 856. The van der Waals surface area contributed by atoms with Crippen LogP contribution in [-0.4, -0.2) is 40.5 Å². The zero-order valence-corrected chi connectivity index (χ0v) is 14.0. The molecule has 0 N–H and O–H groups in total. The highest BCUT2D eigenvalue weighted by molar-refractivity contribution is 6.22. The molecule has 0 saturated heterocycles. The Kier molecular flexibility index (Phi) is 4.62. The molecule has 7 heteroatoms. The predicted octanol–water partition coefficient (Wildman–Crippen LogP) is 2.22. The van der Waals surface area contributed by atoms with E-state index in [-0.39, 0.29) is 11.1 Å². The molecule has 0 bridgehead atoms. The fourth-order valence-corrected chi connectivity index (χ4v) is 3.20. The van der Waals surface area contributed by atoms with Gasteiger partial charge in [-0.1, -0.05) is 42.0 Å². The lowest BCUT2D eigenvalue weighted by atomic mass is 9.90. The molecular formula is C19H16N2O5. The first-order chi connectivity index (χ1) is 12.4. The summed E-state index contributed by atoms with van der Waals surface area (Å²) in [5.41, 5.74) is 1.89. The quantitative estimate of drug-likeness (QED) is 0.344. The van der Waals surface area contributed by atoms with Gasteiger partial charge in [-0.2, -0.15) is 0 Å². The van der Waals surface area contributed by atoms with Gasteiger partial charge in [0.2, 0.25) is 6.54 Å². The summed E-state index contributed by atoms with van der Waals surface area (Å²) in [5.74, 6) is -2.14. The summed E-state index contributed by atoms with van der Waals surface area (Å²) in [4.78, 5) is 48.6. The number of carbonyl (C=O) groups is 3. The van der Waals surface area contributed by atoms with Crippen molar-refractivity contribution in [2.75, 3.05) is 6.54 Å². The molecule has 2 atom stereocenters. The van der Waals surface area contributed by atoms with E-state index in [0.717, 1.165) is 10.5 Å². The van der Waals surface area contributed by atoms with Crippen molar-refractivity contribution in [2.24, 2.45) is 0 Å². The average Bonchev–Trinajstić information content (AvgIpc) is 2.87. The number of rotatable bonds is 6. The van der Waals surface area contributed by atoms with Crippen LogP contribution in [0.15, 0.2) is 48.5 Å². The first kappa shape index (κ1) is 17.5. The summed E-state index contributed by atoms with van der Waals surface area (Å²) in [5, 5.41) is 11.2. The van der Waals surface area contributed by atoms with Crippen LogP contribution in [0.4, 0.5) is 0 Å². The summed E-state index contributed by atoms with van der Waals surface area (Å²) in [6.45, 7) is 1.30. The third kappa shape index (κ3) is 2.99. The number of nitro groups is 1. The molecule has 0 unspecified atom stereocenters. The molecule has 2 amide bonds. The van der Waals surface area contributed by atoms with Crippen LogP contribution in [0.5, 0.6) is 0 Å². The third-order valence-corrected chi connectivity index (χ3v) is 4.53. The van der Waals surface area contributed by atoms with Gasteiger partial charge < -0.3 is 4.79 Å². The van der Waals surface area contributed by atoms with Gasteiger partial charge in [0.15, 0.2) is 0 Å². The van der Waals surface area contributed by atoms with Crippen LogP contribution in [0.25, 0.3) is 0 Å². The number of aldehydes is 1. The summed E-state index contributed by atoms with van der Waals surface area (Å²) >= 11 is 0. The van der Waals surface area contributed by atoms with E-state index in [1.165, 1.54) is 12.1 Å². The van der Waals surface area contributed by atoms with Crippen molar-refractivity contribution in [1.29, 1.82) is 0 Å². The highest BCUT2D eigenvalue weighted by Gasteiger charge is 2.44. The second-order valence-electron chi connectivity index (χ2n) is 6.19. The van der Waals surface area contributed by atoms with Gasteiger partial charge >= 0.3 is 0 Å². The molecule has 132 valence electrons. The van der Waals surface area contributed by atoms with E-state index in [0.29, 0.717) is 11.8 Å². The van der Waals surface area contributed by atoms with Crippen LogP contribution in [0.3, 0.4) is 0 Å². The number of hydrogen-bond acceptors (Lipinski definition) is 5. The lowest BCUT2D eigenvalue weighted by Gasteiger charge is -2.27. The Morgan fingerprint density at radius 1 is 1.04 bits per heavy atom. The van der Waals surface area contributed by atoms with E-state index in [4.69, 9.17) is 0 Å². The maximum Gasteiger partial charge on any atom is 0.262 e. The maximum absolute atomic E-state index is 12.7. The topological polar surface area (TPSA) is 97.6 Å². The third-order valence-electron chi connectivity index (χ3n) is 4.53. The molecule has 0 radical (unpaired) electrons. The zero-order valence-electron chi connectivity index (χ0n) is 14.0. The molecule has 3 rings (SSSR count). The smallest absolute Gasteiger partial charge is 0.262 e.